The Balaban J connectivity index is 2.61. The molecule has 0 atom stereocenters. The zero-order chi connectivity index (χ0) is 14.2. The highest BCUT2D eigenvalue weighted by Gasteiger charge is 2.14. The molecule has 0 aromatic carbocycles. The monoisotopic (exact) mass is 297 g/mol. The lowest BCUT2D eigenvalue weighted by Gasteiger charge is -2.11. The van der Waals surface area contributed by atoms with Gasteiger partial charge in [0.25, 0.3) is 0 Å². The molecule has 0 saturated carbocycles. The molecule has 0 saturated heterocycles. The highest BCUT2D eigenvalue weighted by molar-refractivity contribution is 6.31. The summed E-state index contributed by atoms with van der Waals surface area (Å²) >= 11 is 12.1. The van der Waals surface area contributed by atoms with Gasteiger partial charge in [0.1, 0.15) is 0 Å². The third kappa shape index (κ3) is 2.77. The van der Waals surface area contributed by atoms with E-state index in [0.717, 1.165) is 28.5 Å². The van der Waals surface area contributed by atoms with Crippen molar-refractivity contribution in [2.75, 3.05) is 0 Å². The lowest BCUT2D eigenvalue weighted by Crippen LogP contribution is -2.06. The van der Waals surface area contributed by atoms with Crippen molar-refractivity contribution in [2.45, 2.75) is 39.5 Å². The average Bonchev–Trinajstić information content (AvgIpc) is 2.66. The van der Waals surface area contributed by atoms with Gasteiger partial charge < -0.3 is 0 Å². The summed E-state index contributed by atoms with van der Waals surface area (Å²) in [6.45, 7) is 8.05. The molecule has 102 valence electrons. The second-order valence-electron chi connectivity index (χ2n) is 4.94. The summed E-state index contributed by atoms with van der Waals surface area (Å²) in [7, 11) is 0. The summed E-state index contributed by atoms with van der Waals surface area (Å²) < 4.78 is 1.78. The maximum atomic E-state index is 6.19. The van der Waals surface area contributed by atoms with Gasteiger partial charge in [-0.05, 0) is 37.5 Å². The van der Waals surface area contributed by atoms with Gasteiger partial charge in [-0.15, -0.1) is 11.6 Å². The van der Waals surface area contributed by atoms with Crippen molar-refractivity contribution in [3.63, 3.8) is 0 Å². The van der Waals surface area contributed by atoms with Crippen LogP contribution >= 0.6 is 23.2 Å². The van der Waals surface area contributed by atoms with Crippen LogP contribution in [0, 0.1) is 13.8 Å². The van der Waals surface area contributed by atoms with Gasteiger partial charge in [-0.1, -0.05) is 25.4 Å². The third-order valence-corrected chi connectivity index (χ3v) is 3.91. The zero-order valence-corrected chi connectivity index (χ0v) is 13.0. The Bertz CT molecular complexity index is 603. The standard InChI is InChI=1S/C14H17Cl2N3/c1-8(2)12-5-11(7-15)6-13(17-12)19-10(4)14(16)9(3)18-19/h5-6,8H,7H2,1-4H3. The summed E-state index contributed by atoms with van der Waals surface area (Å²) in [6, 6.07) is 3.99. The van der Waals surface area contributed by atoms with Crippen LogP contribution in [0.1, 0.15) is 42.4 Å². The summed E-state index contributed by atoms with van der Waals surface area (Å²) in [5.41, 5.74) is 3.76. The van der Waals surface area contributed by atoms with Gasteiger partial charge in [-0.2, -0.15) is 5.10 Å². The zero-order valence-electron chi connectivity index (χ0n) is 11.5. The molecule has 2 heterocycles. The maximum absolute atomic E-state index is 6.19. The van der Waals surface area contributed by atoms with Crippen molar-refractivity contribution in [3.05, 3.63) is 39.8 Å². The normalized spacial score (nSPS) is 11.3. The molecule has 5 heteroatoms. The lowest BCUT2D eigenvalue weighted by molar-refractivity contribution is 0.763. The van der Waals surface area contributed by atoms with Crippen LogP contribution in [-0.2, 0) is 5.88 Å². The fourth-order valence-electron chi connectivity index (χ4n) is 1.92. The predicted octanol–water partition coefficient (Wildman–Crippen LogP) is 4.40. The quantitative estimate of drug-likeness (QED) is 0.786. The molecular formula is C14H17Cl2N3. The predicted molar refractivity (Wildman–Crippen MR) is 79.5 cm³/mol. The van der Waals surface area contributed by atoms with E-state index < -0.39 is 0 Å². The minimum Gasteiger partial charge on any atom is -0.233 e. The second-order valence-corrected chi connectivity index (χ2v) is 5.59. The molecule has 0 amide bonds. The van der Waals surface area contributed by atoms with E-state index in [4.69, 9.17) is 23.2 Å². The SMILES string of the molecule is Cc1nn(-c2cc(CCl)cc(C(C)C)n2)c(C)c1Cl. The summed E-state index contributed by atoms with van der Waals surface area (Å²) in [5, 5.41) is 5.12. The van der Waals surface area contributed by atoms with Crippen LogP contribution in [-0.4, -0.2) is 14.8 Å². The molecule has 3 nitrogen and oxygen atoms in total. The van der Waals surface area contributed by atoms with E-state index in [0.29, 0.717) is 16.8 Å². The number of alkyl halides is 1. The first-order chi connectivity index (χ1) is 8.93. The Morgan fingerprint density at radius 2 is 1.95 bits per heavy atom. The van der Waals surface area contributed by atoms with E-state index in [1.807, 2.05) is 26.0 Å². The van der Waals surface area contributed by atoms with Crippen molar-refractivity contribution in [1.82, 2.24) is 14.8 Å². The number of halogens is 2. The van der Waals surface area contributed by atoms with E-state index in [2.05, 4.69) is 23.9 Å². The molecule has 0 aliphatic heterocycles. The minimum atomic E-state index is 0.342. The van der Waals surface area contributed by atoms with Gasteiger partial charge in [0.05, 0.1) is 16.4 Å². The fourth-order valence-corrected chi connectivity index (χ4v) is 2.19. The van der Waals surface area contributed by atoms with Crippen LogP contribution in [0.25, 0.3) is 5.82 Å². The largest absolute Gasteiger partial charge is 0.233 e. The minimum absolute atomic E-state index is 0.342. The Labute approximate surface area is 123 Å². The smallest absolute Gasteiger partial charge is 0.154 e. The van der Waals surface area contributed by atoms with Crippen LogP contribution < -0.4 is 0 Å². The molecule has 0 fully saturated rings. The highest BCUT2D eigenvalue weighted by Crippen LogP contribution is 2.24. The lowest BCUT2D eigenvalue weighted by atomic mass is 10.1. The van der Waals surface area contributed by atoms with Crippen molar-refractivity contribution in [3.8, 4) is 5.82 Å². The number of rotatable bonds is 3. The molecule has 19 heavy (non-hydrogen) atoms. The van der Waals surface area contributed by atoms with E-state index in [1.165, 1.54) is 0 Å². The topological polar surface area (TPSA) is 30.7 Å². The van der Waals surface area contributed by atoms with Gasteiger partial charge in [0.2, 0.25) is 0 Å². The van der Waals surface area contributed by atoms with Gasteiger partial charge in [-0.3, -0.25) is 0 Å². The van der Waals surface area contributed by atoms with E-state index >= 15 is 0 Å². The fraction of sp³-hybridized carbons (Fsp3) is 0.429. The Morgan fingerprint density at radius 1 is 1.26 bits per heavy atom. The molecule has 2 aromatic rings. The first kappa shape index (κ1) is 14.4. The highest BCUT2D eigenvalue weighted by atomic mass is 35.5. The van der Waals surface area contributed by atoms with Gasteiger partial charge >= 0.3 is 0 Å². The average molecular weight is 298 g/mol. The maximum Gasteiger partial charge on any atom is 0.154 e. The molecule has 0 N–H and O–H groups in total. The van der Waals surface area contributed by atoms with Gasteiger partial charge in [-0.25, -0.2) is 9.67 Å². The van der Waals surface area contributed by atoms with Crippen LogP contribution in [0.3, 0.4) is 0 Å². The molecule has 0 bridgehead atoms. The summed E-state index contributed by atoms with van der Waals surface area (Å²) in [5.74, 6) is 1.58. The van der Waals surface area contributed by atoms with Crippen LogP contribution in [0.2, 0.25) is 5.02 Å². The number of hydrogen-bond acceptors (Lipinski definition) is 2. The number of hydrogen-bond donors (Lipinski definition) is 0. The van der Waals surface area contributed by atoms with Crippen molar-refractivity contribution < 1.29 is 0 Å². The Morgan fingerprint density at radius 3 is 2.42 bits per heavy atom. The number of aryl methyl sites for hydroxylation is 1. The summed E-state index contributed by atoms with van der Waals surface area (Å²) in [4.78, 5) is 4.65. The molecule has 2 rings (SSSR count). The first-order valence-electron chi connectivity index (χ1n) is 6.23. The molecule has 0 radical (unpaired) electrons. The molecular weight excluding hydrogens is 281 g/mol. The van der Waals surface area contributed by atoms with Crippen LogP contribution in [0.15, 0.2) is 12.1 Å². The van der Waals surface area contributed by atoms with Crippen LogP contribution in [0.4, 0.5) is 0 Å². The number of nitrogens with zero attached hydrogens (tertiary/aromatic N) is 3. The molecule has 0 aliphatic carbocycles. The van der Waals surface area contributed by atoms with Crippen molar-refractivity contribution >= 4 is 23.2 Å². The Hall–Kier alpha value is -1.06. The Kier molecular flexibility index (Phi) is 4.16. The van der Waals surface area contributed by atoms with E-state index in [-0.39, 0.29) is 0 Å². The van der Waals surface area contributed by atoms with E-state index in [1.54, 1.807) is 4.68 Å². The second kappa shape index (κ2) is 5.51. The van der Waals surface area contributed by atoms with Gasteiger partial charge in [0, 0.05) is 11.6 Å². The molecule has 0 spiro atoms. The molecule has 0 aliphatic rings. The van der Waals surface area contributed by atoms with Crippen molar-refractivity contribution in [2.24, 2.45) is 0 Å². The van der Waals surface area contributed by atoms with Crippen LogP contribution in [0.5, 0.6) is 0 Å². The number of aromatic nitrogens is 3. The molecule has 2 aromatic heterocycles. The van der Waals surface area contributed by atoms with Crippen molar-refractivity contribution in [1.29, 1.82) is 0 Å². The van der Waals surface area contributed by atoms with Gasteiger partial charge in [0.15, 0.2) is 5.82 Å². The number of pyridine rings is 1. The first-order valence-corrected chi connectivity index (χ1v) is 7.14. The van der Waals surface area contributed by atoms with E-state index in [9.17, 15) is 0 Å². The molecule has 0 unspecified atom stereocenters. The third-order valence-electron chi connectivity index (χ3n) is 3.06. The summed E-state index contributed by atoms with van der Waals surface area (Å²) in [6.07, 6.45) is 0.